The lowest BCUT2D eigenvalue weighted by Crippen LogP contribution is -2.30. The van der Waals surface area contributed by atoms with Crippen molar-refractivity contribution in [1.82, 2.24) is 0 Å². The monoisotopic (exact) mass is 991 g/mol. The zero-order chi connectivity index (χ0) is 51.4. The van der Waals surface area contributed by atoms with Gasteiger partial charge in [0, 0.05) is 19.3 Å². The summed E-state index contributed by atoms with van der Waals surface area (Å²) in [6.07, 6.45) is 76.3. The van der Waals surface area contributed by atoms with Crippen LogP contribution >= 0.6 is 0 Å². The molecule has 410 valence electrons. The van der Waals surface area contributed by atoms with Gasteiger partial charge in [0.2, 0.25) is 0 Å². The van der Waals surface area contributed by atoms with Crippen LogP contribution in [0.25, 0.3) is 0 Å². The van der Waals surface area contributed by atoms with Crippen molar-refractivity contribution in [2.24, 2.45) is 0 Å². The summed E-state index contributed by atoms with van der Waals surface area (Å²) < 4.78 is 16.8. The fourth-order valence-electron chi connectivity index (χ4n) is 8.60. The molecule has 0 amide bonds. The maximum absolute atomic E-state index is 12.8. The largest absolute Gasteiger partial charge is 0.462 e. The van der Waals surface area contributed by atoms with Gasteiger partial charge in [-0.2, -0.15) is 0 Å². The van der Waals surface area contributed by atoms with Gasteiger partial charge >= 0.3 is 17.9 Å². The van der Waals surface area contributed by atoms with E-state index >= 15 is 0 Å². The molecule has 71 heavy (non-hydrogen) atoms. The van der Waals surface area contributed by atoms with Gasteiger partial charge in [0.25, 0.3) is 0 Å². The molecule has 0 rings (SSSR count). The minimum atomic E-state index is -0.808. The topological polar surface area (TPSA) is 78.9 Å². The summed E-state index contributed by atoms with van der Waals surface area (Å²) in [5.74, 6) is -0.983. The molecule has 0 aromatic carbocycles. The fraction of sp³-hybridized carbons (Fsp3) is 0.769. The first-order valence-electron chi connectivity index (χ1n) is 30.4. The Bertz CT molecular complexity index is 1320. The predicted octanol–water partition coefficient (Wildman–Crippen LogP) is 20.5. The van der Waals surface area contributed by atoms with E-state index in [1.54, 1.807) is 0 Å². The van der Waals surface area contributed by atoms with Gasteiger partial charge in [0.15, 0.2) is 6.10 Å². The smallest absolute Gasteiger partial charge is 0.306 e. The van der Waals surface area contributed by atoms with Crippen LogP contribution in [0.3, 0.4) is 0 Å². The highest BCUT2D eigenvalue weighted by molar-refractivity contribution is 5.71. The Hall–Kier alpha value is -3.15. The second kappa shape index (κ2) is 59.4. The molecule has 0 aliphatic rings. The van der Waals surface area contributed by atoms with Crippen LogP contribution in [0.15, 0.2) is 72.9 Å². The van der Waals surface area contributed by atoms with E-state index in [2.05, 4.69) is 87.6 Å². The molecule has 0 heterocycles. The molecule has 0 unspecified atom stereocenters. The van der Waals surface area contributed by atoms with Crippen LogP contribution in [0.5, 0.6) is 0 Å². The number of hydrogen-bond acceptors (Lipinski definition) is 6. The second-order valence-electron chi connectivity index (χ2n) is 20.3. The van der Waals surface area contributed by atoms with Crippen LogP contribution in [0.2, 0.25) is 0 Å². The SMILES string of the molecule is CCCCC/C=C\C/C=C\C/C=C\C/C=C\C/C=C\CCC(=O)OC[C@H](COC(=O)CCCCCCCCCCCCCCCCCCCCCCC)OC(=O)CCCCCCC/C=C\CCCCCC. The molecular weight excluding hydrogens is 877 g/mol. The molecule has 0 N–H and O–H groups in total. The van der Waals surface area contributed by atoms with E-state index in [0.29, 0.717) is 19.3 Å². The molecule has 0 bridgehead atoms. The number of allylic oxidation sites excluding steroid dienone is 12. The molecule has 0 aromatic rings. The van der Waals surface area contributed by atoms with Crippen molar-refractivity contribution < 1.29 is 28.6 Å². The first kappa shape index (κ1) is 67.8. The molecule has 0 aliphatic carbocycles. The Morgan fingerprint density at radius 2 is 0.535 bits per heavy atom. The highest BCUT2D eigenvalue weighted by atomic mass is 16.6. The molecule has 6 nitrogen and oxygen atoms in total. The van der Waals surface area contributed by atoms with E-state index in [-0.39, 0.29) is 37.5 Å². The van der Waals surface area contributed by atoms with Gasteiger partial charge in [-0.05, 0) is 83.5 Å². The molecule has 0 radical (unpaired) electrons. The van der Waals surface area contributed by atoms with Gasteiger partial charge in [-0.15, -0.1) is 0 Å². The van der Waals surface area contributed by atoms with Crippen molar-refractivity contribution in [3.05, 3.63) is 72.9 Å². The quantitative estimate of drug-likeness (QED) is 0.0261. The lowest BCUT2D eigenvalue weighted by molar-refractivity contribution is -0.166. The third-order valence-corrected chi connectivity index (χ3v) is 13.2. The fourth-order valence-corrected chi connectivity index (χ4v) is 8.60. The van der Waals surface area contributed by atoms with Crippen molar-refractivity contribution in [3.63, 3.8) is 0 Å². The first-order chi connectivity index (χ1) is 35.0. The highest BCUT2D eigenvalue weighted by Crippen LogP contribution is 2.16. The zero-order valence-corrected chi connectivity index (χ0v) is 47.0. The average Bonchev–Trinajstić information content (AvgIpc) is 3.37. The number of carbonyl (C=O) groups excluding carboxylic acids is 3. The third-order valence-electron chi connectivity index (χ3n) is 13.2. The summed E-state index contributed by atoms with van der Waals surface area (Å²) >= 11 is 0. The van der Waals surface area contributed by atoms with Gasteiger partial charge in [0.05, 0.1) is 0 Å². The minimum absolute atomic E-state index is 0.0990. The van der Waals surface area contributed by atoms with Gasteiger partial charge in [-0.1, -0.05) is 273 Å². The van der Waals surface area contributed by atoms with E-state index in [0.717, 1.165) is 77.0 Å². The molecular formula is C65H114O6. The van der Waals surface area contributed by atoms with Gasteiger partial charge in [-0.3, -0.25) is 14.4 Å². The van der Waals surface area contributed by atoms with Gasteiger partial charge in [-0.25, -0.2) is 0 Å². The molecule has 0 aromatic heterocycles. The molecule has 0 aliphatic heterocycles. The molecule has 1 atom stereocenters. The number of ether oxygens (including phenoxy) is 3. The normalized spacial score (nSPS) is 12.5. The zero-order valence-electron chi connectivity index (χ0n) is 47.0. The summed E-state index contributed by atoms with van der Waals surface area (Å²) in [6.45, 7) is 6.56. The van der Waals surface area contributed by atoms with Crippen LogP contribution in [-0.2, 0) is 28.6 Å². The van der Waals surface area contributed by atoms with E-state index in [4.69, 9.17) is 14.2 Å². The Morgan fingerprint density at radius 1 is 0.282 bits per heavy atom. The summed E-state index contributed by atoms with van der Waals surface area (Å²) in [5, 5.41) is 0. The summed E-state index contributed by atoms with van der Waals surface area (Å²) in [7, 11) is 0. The van der Waals surface area contributed by atoms with Crippen LogP contribution in [-0.4, -0.2) is 37.2 Å². The number of rotatable bonds is 55. The standard InChI is InChI=1S/C65H114O6/c1-4-7-10-13-16-19-22-25-27-29-31-32-34-36-38-41-43-46-49-52-55-58-64(67)70-61-62(71-65(68)59-56-53-50-47-44-39-24-21-18-15-12-9-6-3)60-69-63(66)57-54-51-48-45-42-40-37-35-33-30-28-26-23-20-17-14-11-8-5-2/h17,20-21,24,26,28,33,35,40,42,48,51,62H,4-16,18-19,22-23,25,27,29-32,34,36-39,41,43-47,49-50,52-61H2,1-3H3/b20-17-,24-21-,28-26-,35-33-,42-40-,51-48-/t62-/m1/s1. The Balaban J connectivity index is 4.40. The summed E-state index contributed by atoms with van der Waals surface area (Å²) in [4.78, 5) is 38.2. The van der Waals surface area contributed by atoms with E-state index in [9.17, 15) is 14.4 Å². The second-order valence-corrected chi connectivity index (χ2v) is 20.3. The molecule has 6 heteroatoms. The Kier molecular flexibility index (Phi) is 56.8. The van der Waals surface area contributed by atoms with Crippen LogP contribution in [0, 0.1) is 0 Å². The highest BCUT2D eigenvalue weighted by Gasteiger charge is 2.19. The maximum Gasteiger partial charge on any atom is 0.306 e. The van der Waals surface area contributed by atoms with Crippen LogP contribution in [0.4, 0.5) is 0 Å². The number of carbonyl (C=O) groups is 3. The van der Waals surface area contributed by atoms with Crippen LogP contribution < -0.4 is 0 Å². The molecule has 0 saturated heterocycles. The number of unbranched alkanes of at least 4 members (excludes halogenated alkanes) is 32. The average molecular weight is 992 g/mol. The predicted molar refractivity (Wildman–Crippen MR) is 307 cm³/mol. The lowest BCUT2D eigenvalue weighted by Gasteiger charge is -2.18. The van der Waals surface area contributed by atoms with Crippen molar-refractivity contribution in [1.29, 1.82) is 0 Å². The van der Waals surface area contributed by atoms with E-state index in [1.807, 2.05) is 6.08 Å². The van der Waals surface area contributed by atoms with Gasteiger partial charge in [0.1, 0.15) is 13.2 Å². The Labute approximate surface area is 440 Å². The molecule has 0 fully saturated rings. The number of hydrogen-bond donors (Lipinski definition) is 0. The van der Waals surface area contributed by atoms with Crippen molar-refractivity contribution in [3.8, 4) is 0 Å². The minimum Gasteiger partial charge on any atom is -0.462 e. The van der Waals surface area contributed by atoms with Crippen LogP contribution in [0.1, 0.15) is 303 Å². The summed E-state index contributed by atoms with van der Waals surface area (Å²) in [5.41, 5.74) is 0. The van der Waals surface area contributed by atoms with Crippen molar-refractivity contribution in [2.45, 2.75) is 309 Å². The number of esters is 3. The van der Waals surface area contributed by atoms with Crippen molar-refractivity contribution >= 4 is 17.9 Å². The maximum atomic E-state index is 12.8. The Morgan fingerprint density at radius 3 is 0.930 bits per heavy atom. The summed E-state index contributed by atoms with van der Waals surface area (Å²) in [6, 6.07) is 0. The first-order valence-corrected chi connectivity index (χ1v) is 30.4. The third kappa shape index (κ3) is 57.6. The van der Waals surface area contributed by atoms with Gasteiger partial charge < -0.3 is 14.2 Å². The van der Waals surface area contributed by atoms with E-state index in [1.165, 1.54) is 180 Å². The molecule has 0 saturated carbocycles. The van der Waals surface area contributed by atoms with E-state index < -0.39 is 6.10 Å². The molecule has 0 spiro atoms. The lowest BCUT2D eigenvalue weighted by atomic mass is 10.0. The van der Waals surface area contributed by atoms with Crippen molar-refractivity contribution in [2.75, 3.05) is 13.2 Å².